The van der Waals surface area contributed by atoms with Gasteiger partial charge in [0.05, 0.1) is 4.90 Å². The van der Waals surface area contributed by atoms with Crippen LogP contribution in [0.3, 0.4) is 0 Å². The number of hydrogen-bond acceptors (Lipinski definition) is 4. The number of carbonyl (C=O) groups is 1. The summed E-state index contributed by atoms with van der Waals surface area (Å²) in [6.07, 6.45) is 1.96. The van der Waals surface area contributed by atoms with Crippen LogP contribution in [0.1, 0.15) is 19.4 Å². The topological polar surface area (TPSA) is 83.9 Å². The van der Waals surface area contributed by atoms with Gasteiger partial charge in [-0.05, 0) is 37.6 Å². The molecule has 0 amide bonds. The van der Waals surface area contributed by atoms with Crippen molar-refractivity contribution in [2.75, 3.05) is 13.1 Å². The molecule has 6 nitrogen and oxygen atoms in total. The maximum atomic E-state index is 12.6. The largest absolute Gasteiger partial charge is 0.487 e. The summed E-state index contributed by atoms with van der Waals surface area (Å²) in [7, 11) is -3.89. The Kier molecular flexibility index (Phi) is 4.30. The first-order chi connectivity index (χ1) is 10.2. The van der Waals surface area contributed by atoms with Crippen LogP contribution in [0, 0.1) is 0 Å². The smallest absolute Gasteiger partial charge is 0.318 e. The number of carboxylic acid groups (broad SMARTS) is 1. The van der Waals surface area contributed by atoms with Crippen LogP contribution in [0.2, 0.25) is 0 Å². The first kappa shape index (κ1) is 16.5. The van der Waals surface area contributed by atoms with Crippen LogP contribution in [0.15, 0.2) is 35.7 Å². The average Bonchev–Trinajstić information content (AvgIpc) is 2.70. The lowest BCUT2D eigenvalue weighted by atomic mass is 10.0. The molecule has 2 rings (SSSR count). The Balaban J connectivity index is 2.38. The minimum atomic E-state index is -3.89. The fraction of sp³-hybridized carbons (Fsp3) is 0.400. The Morgan fingerprint density at radius 1 is 1.50 bits per heavy atom. The van der Waals surface area contributed by atoms with Crippen LogP contribution in [0.5, 0.6) is 5.75 Å². The summed E-state index contributed by atoms with van der Waals surface area (Å²) < 4.78 is 31.8. The molecule has 0 saturated heterocycles. The second-order valence-electron chi connectivity index (χ2n) is 5.79. The summed E-state index contributed by atoms with van der Waals surface area (Å²) in [5, 5.41) is 8.88. The van der Waals surface area contributed by atoms with E-state index in [1.54, 1.807) is 12.1 Å². The molecule has 1 aromatic carbocycles. The van der Waals surface area contributed by atoms with E-state index in [-0.39, 0.29) is 17.0 Å². The quantitative estimate of drug-likeness (QED) is 0.804. The molecular formula is C15H19NO5S. The monoisotopic (exact) mass is 325 g/mol. The van der Waals surface area contributed by atoms with E-state index in [2.05, 4.69) is 6.58 Å². The molecule has 1 heterocycles. The molecule has 1 aromatic rings. The van der Waals surface area contributed by atoms with Crippen molar-refractivity contribution in [2.24, 2.45) is 0 Å². The van der Waals surface area contributed by atoms with E-state index in [4.69, 9.17) is 9.84 Å². The Bertz CT molecular complexity index is 709. The van der Waals surface area contributed by atoms with Crippen molar-refractivity contribution in [1.82, 2.24) is 4.31 Å². The molecule has 120 valence electrons. The van der Waals surface area contributed by atoms with Crippen molar-refractivity contribution in [3.8, 4) is 5.75 Å². The molecule has 1 aliphatic heterocycles. The van der Waals surface area contributed by atoms with E-state index >= 15 is 0 Å². The molecule has 0 unspecified atom stereocenters. The molecule has 0 radical (unpaired) electrons. The van der Waals surface area contributed by atoms with Crippen molar-refractivity contribution < 1.29 is 23.1 Å². The SMILES string of the molecule is C=CCN(CC(=O)O)S(=O)(=O)c1ccc2c(c1)CC(C)(C)O2. The molecule has 0 atom stereocenters. The van der Waals surface area contributed by atoms with Gasteiger partial charge in [0.15, 0.2) is 0 Å². The van der Waals surface area contributed by atoms with E-state index in [0.29, 0.717) is 12.2 Å². The van der Waals surface area contributed by atoms with E-state index in [0.717, 1.165) is 9.87 Å². The van der Waals surface area contributed by atoms with Gasteiger partial charge < -0.3 is 9.84 Å². The number of ether oxygens (including phenoxy) is 1. The lowest BCUT2D eigenvalue weighted by Gasteiger charge is -2.19. The molecule has 7 heteroatoms. The predicted octanol–water partition coefficient (Wildman–Crippen LogP) is 1.66. The van der Waals surface area contributed by atoms with Crippen molar-refractivity contribution in [2.45, 2.75) is 30.8 Å². The number of nitrogens with zero attached hydrogens (tertiary/aromatic N) is 1. The van der Waals surface area contributed by atoms with Crippen molar-refractivity contribution in [1.29, 1.82) is 0 Å². The van der Waals surface area contributed by atoms with Crippen LogP contribution < -0.4 is 4.74 Å². The lowest BCUT2D eigenvalue weighted by molar-refractivity contribution is -0.137. The van der Waals surface area contributed by atoms with Gasteiger partial charge in [-0.3, -0.25) is 4.79 Å². The van der Waals surface area contributed by atoms with E-state index in [1.807, 2.05) is 13.8 Å². The summed E-state index contributed by atoms with van der Waals surface area (Å²) in [5.74, 6) is -0.548. The third-order valence-electron chi connectivity index (χ3n) is 3.32. The highest BCUT2D eigenvalue weighted by molar-refractivity contribution is 7.89. The Morgan fingerprint density at radius 3 is 2.77 bits per heavy atom. The number of aliphatic carboxylic acids is 1. The summed E-state index contributed by atoms with van der Waals surface area (Å²) in [6.45, 7) is 6.66. The summed E-state index contributed by atoms with van der Waals surface area (Å²) >= 11 is 0. The van der Waals surface area contributed by atoms with Gasteiger partial charge in [0.1, 0.15) is 17.9 Å². The molecular weight excluding hydrogens is 306 g/mol. The standard InChI is InChI=1S/C15H19NO5S/c1-4-7-16(10-14(17)18)22(19,20)12-5-6-13-11(8-12)9-15(2,3)21-13/h4-6,8H,1,7,9-10H2,2-3H3,(H,17,18). The Morgan fingerprint density at radius 2 is 2.18 bits per heavy atom. The number of benzene rings is 1. The first-order valence-electron chi connectivity index (χ1n) is 6.80. The highest BCUT2D eigenvalue weighted by Gasteiger charge is 2.32. The molecule has 1 N–H and O–H groups in total. The van der Waals surface area contributed by atoms with E-state index < -0.39 is 22.5 Å². The van der Waals surface area contributed by atoms with Gasteiger partial charge >= 0.3 is 5.97 Å². The van der Waals surface area contributed by atoms with Crippen LogP contribution in [0.25, 0.3) is 0 Å². The number of sulfonamides is 1. The van der Waals surface area contributed by atoms with Crippen molar-refractivity contribution >= 4 is 16.0 Å². The zero-order valence-electron chi connectivity index (χ0n) is 12.6. The molecule has 1 aliphatic rings. The van der Waals surface area contributed by atoms with Gasteiger partial charge in [-0.25, -0.2) is 8.42 Å². The molecule has 0 spiro atoms. The van der Waals surface area contributed by atoms with Gasteiger partial charge in [-0.15, -0.1) is 6.58 Å². The number of fused-ring (bicyclic) bond motifs is 1. The molecule has 0 bridgehead atoms. The van der Waals surface area contributed by atoms with Crippen LogP contribution >= 0.6 is 0 Å². The van der Waals surface area contributed by atoms with Crippen molar-refractivity contribution in [3.05, 3.63) is 36.4 Å². The Hall–Kier alpha value is -1.86. The zero-order chi connectivity index (χ0) is 16.5. The third kappa shape index (κ3) is 3.31. The lowest BCUT2D eigenvalue weighted by Crippen LogP contribution is -2.35. The van der Waals surface area contributed by atoms with Crippen molar-refractivity contribution in [3.63, 3.8) is 0 Å². The maximum Gasteiger partial charge on any atom is 0.318 e. The molecule has 22 heavy (non-hydrogen) atoms. The number of hydrogen-bond donors (Lipinski definition) is 1. The van der Waals surface area contributed by atoms with Crippen LogP contribution in [0.4, 0.5) is 0 Å². The minimum absolute atomic E-state index is 0.0618. The molecule has 0 fully saturated rings. The molecule has 0 saturated carbocycles. The number of rotatable bonds is 6. The first-order valence-corrected chi connectivity index (χ1v) is 8.24. The van der Waals surface area contributed by atoms with E-state index in [9.17, 15) is 13.2 Å². The van der Waals surface area contributed by atoms with Crippen LogP contribution in [-0.4, -0.2) is 42.5 Å². The van der Waals surface area contributed by atoms with E-state index in [1.165, 1.54) is 12.1 Å². The van der Waals surface area contributed by atoms with Gasteiger partial charge in [0, 0.05) is 13.0 Å². The highest BCUT2D eigenvalue weighted by atomic mass is 32.2. The highest BCUT2D eigenvalue weighted by Crippen LogP contribution is 2.36. The Labute approximate surface area is 130 Å². The fourth-order valence-electron chi connectivity index (χ4n) is 2.44. The van der Waals surface area contributed by atoms with Gasteiger partial charge in [-0.1, -0.05) is 6.08 Å². The maximum absolute atomic E-state index is 12.6. The third-order valence-corrected chi connectivity index (χ3v) is 5.12. The summed E-state index contributed by atoms with van der Waals surface area (Å²) in [4.78, 5) is 10.9. The van der Waals surface area contributed by atoms with Crippen LogP contribution in [-0.2, 0) is 21.2 Å². The van der Waals surface area contributed by atoms with Gasteiger partial charge in [0.25, 0.3) is 0 Å². The zero-order valence-corrected chi connectivity index (χ0v) is 13.4. The van der Waals surface area contributed by atoms with Gasteiger partial charge in [-0.2, -0.15) is 4.31 Å². The average molecular weight is 325 g/mol. The molecule has 0 aliphatic carbocycles. The minimum Gasteiger partial charge on any atom is -0.487 e. The fourth-order valence-corrected chi connectivity index (χ4v) is 3.85. The predicted molar refractivity (Wildman–Crippen MR) is 81.4 cm³/mol. The van der Waals surface area contributed by atoms with Gasteiger partial charge in [0.2, 0.25) is 10.0 Å². The number of carboxylic acids is 1. The normalized spacial score (nSPS) is 16.1. The second kappa shape index (κ2) is 5.73. The summed E-state index contributed by atoms with van der Waals surface area (Å²) in [5.41, 5.74) is 0.437. The second-order valence-corrected chi connectivity index (χ2v) is 7.73. The molecule has 0 aromatic heterocycles. The summed E-state index contributed by atoms with van der Waals surface area (Å²) in [6, 6.07) is 4.61.